The SMILES string of the molecule is C[C@H](Sc1nncn1C)c1cccc(CC(=O)N2CCC(c3ccccn3)C2)c1. The first-order valence-electron chi connectivity index (χ1n) is 9.88. The number of rotatable bonds is 6. The second kappa shape index (κ2) is 8.78. The summed E-state index contributed by atoms with van der Waals surface area (Å²) >= 11 is 1.67. The molecule has 1 amide bonds. The predicted molar refractivity (Wildman–Crippen MR) is 114 cm³/mol. The van der Waals surface area contributed by atoms with Crippen LogP contribution in [0.1, 0.15) is 41.3 Å². The summed E-state index contributed by atoms with van der Waals surface area (Å²) in [4.78, 5) is 19.3. The number of likely N-dealkylation sites (tertiary alicyclic amines) is 1. The van der Waals surface area contributed by atoms with Crippen molar-refractivity contribution in [2.75, 3.05) is 13.1 Å². The molecule has 2 atom stereocenters. The second-order valence-electron chi connectivity index (χ2n) is 7.49. The Morgan fingerprint density at radius 3 is 2.93 bits per heavy atom. The van der Waals surface area contributed by atoms with Crippen molar-refractivity contribution in [1.29, 1.82) is 0 Å². The first kappa shape index (κ1) is 19.6. The van der Waals surface area contributed by atoms with Gasteiger partial charge < -0.3 is 9.47 Å². The quantitative estimate of drug-likeness (QED) is 0.584. The van der Waals surface area contributed by atoms with Gasteiger partial charge in [0.15, 0.2) is 5.16 Å². The van der Waals surface area contributed by atoms with Crippen molar-refractivity contribution >= 4 is 17.7 Å². The Balaban J connectivity index is 1.38. The molecule has 1 fully saturated rings. The Morgan fingerprint density at radius 2 is 2.17 bits per heavy atom. The number of thioether (sulfide) groups is 1. The van der Waals surface area contributed by atoms with E-state index in [1.165, 1.54) is 5.56 Å². The van der Waals surface area contributed by atoms with Gasteiger partial charge in [0, 0.05) is 43.2 Å². The average Bonchev–Trinajstić information content (AvgIpc) is 3.39. The van der Waals surface area contributed by atoms with E-state index in [0.717, 1.165) is 35.9 Å². The van der Waals surface area contributed by atoms with E-state index in [1.807, 2.05) is 47.0 Å². The van der Waals surface area contributed by atoms with Crippen LogP contribution in [0.4, 0.5) is 0 Å². The zero-order valence-corrected chi connectivity index (χ0v) is 17.5. The molecular formula is C22H25N5OS. The molecule has 0 N–H and O–H groups in total. The van der Waals surface area contributed by atoms with Gasteiger partial charge in [0.2, 0.25) is 5.91 Å². The summed E-state index contributed by atoms with van der Waals surface area (Å²) < 4.78 is 1.92. The zero-order chi connectivity index (χ0) is 20.2. The number of nitrogens with zero attached hydrogens (tertiary/aromatic N) is 5. The first-order valence-corrected chi connectivity index (χ1v) is 10.8. The van der Waals surface area contributed by atoms with Crippen molar-refractivity contribution in [3.63, 3.8) is 0 Å². The predicted octanol–water partition coefficient (Wildman–Crippen LogP) is 3.62. The third-order valence-electron chi connectivity index (χ3n) is 5.37. The van der Waals surface area contributed by atoms with Gasteiger partial charge in [-0.25, -0.2) is 0 Å². The summed E-state index contributed by atoms with van der Waals surface area (Å²) in [5.41, 5.74) is 3.33. The van der Waals surface area contributed by atoms with Crippen LogP contribution in [-0.4, -0.2) is 43.6 Å². The lowest BCUT2D eigenvalue weighted by Gasteiger charge is -2.17. The van der Waals surface area contributed by atoms with Crippen LogP contribution < -0.4 is 0 Å². The second-order valence-corrected chi connectivity index (χ2v) is 8.79. The molecule has 29 heavy (non-hydrogen) atoms. The van der Waals surface area contributed by atoms with Gasteiger partial charge in [-0.1, -0.05) is 42.1 Å². The van der Waals surface area contributed by atoms with Crippen LogP contribution in [0.2, 0.25) is 0 Å². The van der Waals surface area contributed by atoms with Crippen molar-refractivity contribution < 1.29 is 4.79 Å². The summed E-state index contributed by atoms with van der Waals surface area (Å²) in [5, 5.41) is 9.20. The molecule has 0 bridgehead atoms. The van der Waals surface area contributed by atoms with Crippen LogP contribution in [0.5, 0.6) is 0 Å². The van der Waals surface area contributed by atoms with E-state index in [-0.39, 0.29) is 11.2 Å². The van der Waals surface area contributed by atoms with Gasteiger partial charge in [-0.05, 0) is 36.6 Å². The van der Waals surface area contributed by atoms with E-state index < -0.39 is 0 Å². The minimum Gasteiger partial charge on any atom is -0.342 e. The number of aromatic nitrogens is 4. The van der Waals surface area contributed by atoms with Crippen molar-refractivity contribution in [3.05, 3.63) is 71.8 Å². The smallest absolute Gasteiger partial charge is 0.227 e. The minimum absolute atomic E-state index is 0.189. The van der Waals surface area contributed by atoms with E-state index >= 15 is 0 Å². The molecule has 0 aliphatic carbocycles. The highest BCUT2D eigenvalue weighted by molar-refractivity contribution is 7.99. The number of aryl methyl sites for hydroxylation is 1. The topological polar surface area (TPSA) is 63.9 Å². The van der Waals surface area contributed by atoms with Crippen molar-refractivity contribution in [2.24, 2.45) is 7.05 Å². The van der Waals surface area contributed by atoms with Gasteiger partial charge in [0.25, 0.3) is 0 Å². The van der Waals surface area contributed by atoms with Gasteiger partial charge in [0.1, 0.15) is 6.33 Å². The standard InChI is InChI=1S/C22H25N5OS/c1-16(29-22-25-24-15-26(22)2)18-7-5-6-17(12-18)13-21(28)27-11-9-19(14-27)20-8-3-4-10-23-20/h3-8,10,12,15-16,19H,9,11,13-14H2,1-2H3/t16-,19?/m0/s1. The van der Waals surface area contributed by atoms with Gasteiger partial charge in [-0.15, -0.1) is 10.2 Å². The van der Waals surface area contributed by atoms with Gasteiger partial charge in [0.05, 0.1) is 6.42 Å². The molecule has 150 valence electrons. The average molecular weight is 408 g/mol. The number of carbonyl (C=O) groups is 1. The number of hydrogen-bond donors (Lipinski definition) is 0. The van der Waals surface area contributed by atoms with Crippen LogP contribution in [0, 0.1) is 0 Å². The number of benzene rings is 1. The lowest BCUT2D eigenvalue weighted by Crippen LogP contribution is -2.30. The Morgan fingerprint density at radius 1 is 1.28 bits per heavy atom. The summed E-state index contributed by atoms with van der Waals surface area (Å²) in [6.07, 6.45) is 4.95. The maximum atomic E-state index is 12.9. The number of hydrogen-bond acceptors (Lipinski definition) is 5. The first-order chi connectivity index (χ1) is 14.1. The Labute approximate surface area is 175 Å². The highest BCUT2D eigenvalue weighted by atomic mass is 32.2. The molecular weight excluding hydrogens is 382 g/mol. The monoisotopic (exact) mass is 407 g/mol. The van der Waals surface area contributed by atoms with Crippen LogP contribution in [-0.2, 0) is 18.3 Å². The third-order valence-corrected chi connectivity index (χ3v) is 6.58. The Hall–Kier alpha value is -2.67. The molecule has 3 aromatic rings. The molecule has 0 spiro atoms. The van der Waals surface area contributed by atoms with Gasteiger partial charge in [-0.2, -0.15) is 0 Å². The molecule has 0 radical (unpaired) electrons. The molecule has 4 rings (SSSR count). The fraction of sp³-hybridized carbons (Fsp3) is 0.364. The molecule has 1 saturated heterocycles. The van der Waals surface area contributed by atoms with Crippen LogP contribution in [0.25, 0.3) is 0 Å². The molecule has 1 unspecified atom stereocenters. The van der Waals surface area contributed by atoms with Crippen molar-refractivity contribution in [1.82, 2.24) is 24.6 Å². The van der Waals surface area contributed by atoms with E-state index in [9.17, 15) is 4.79 Å². The fourth-order valence-electron chi connectivity index (χ4n) is 3.69. The fourth-order valence-corrected chi connectivity index (χ4v) is 4.60. The summed E-state index contributed by atoms with van der Waals surface area (Å²) in [6, 6.07) is 14.3. The lowest BCUT2D eigenvalue weighted by molar-refractivity contribution is -0.129. The highest BCUT2D eigenvalue weighted by Crippen LogP contribution is 2.33. The molecule has 0 saturated carbocycles. The molecule has 6 nitrogen and oxygen atoms in total. The lowest BCUT2D eigenvalue weighted by atomic mass is 10.0. The van der Waals surface area contributed by atoms with E-state index in [4.69, 9.17) is 0 Å². The van der Waals surface area contributed by atoms with Crippen LogP contribution >= 0.6 is 11.8 Å². The zero-order valence-electron chi connectivity index (χ0n) is 16.7. The van der Waals surface area contributed by atoms with Crippen LogP contribution in [0.15, 0.2) is 60.1 Å². The van der Waals surface area contributed by atoms with E-state index in [1.54, 1.807) is 18.1 Å². The van der Waals surface area contributed by atoms with E-state index in [0.29, 0.717) is 12.3 Å². The number of pyridine rings is 1. The largest absolute Gasteiger partial charge is 0.342 e. The van der Waals surface area contributed by atoms with Gasteiger partial charge in [-0.3, -0.25) is 9.78 Å². The number of amides is 1. The third kappa shape index (κ3) is 4.67. The molecule has 1 aromatic carbocycles. The molecule has 2 aromatic heterocycles. The molecule has 1 aliphatic heterocycles. The Kier molecular flexibility index (Phi) is 5.94. The van der Waals surface area contributed by atoms with Crippen molar-refractivity contribution in [2.45, 2.75) is 36.1 Å². The maximum Gasteiger partial charge on any atom is 0.227 e. The number of carbonyl (C=O) groups excluding carboxylic acids is 1. The summed E-state index contributed by atoms with van der Waals surface area (Å²) in [6.45, 7) is 3.71. The molecule has 1 aliphatic rings. The molecule has 7 heteroatoms. The Bertz CT molecular complexity index is 974. The minimum atomic E-state index is 0.189. The normalized spacial score (nSPS) is 17.4. The maximum absolute atomic E-state index is 12.9. The van der Waals surface area contributed by atoms with Crippen molar-refractivity contribution in [3.8, 4) is 0 Å². The molecule has 3 heterocycles. The summed E-state index contributed by atoms with van der Waals surface area (Å²) in [7, 11) is 1.94. The summed E-state index contributed by atoms with van der Waals surface area (Å²) in [5.74, 6) is 0.531. The van der Waals surface area contributed by atoms with Crippen LogP contribution in [0.3, 0.4) is 0 Å². The van der Waals surface area contributed by atoms with Gasteiger partial charge >= 0.3 is 0 Å². The van der Waals surface area contributed by atoms with E-state index in [2.05, 4.69) is 40.3 Å². The highest BCUT2D eigenvalue weighted by Gasteiger charge is 2.28.